The zero-order valence-electron chi connectivity index (χ0n) is 19.5. The molecule has 5 nitrogen and oxygen atoms in total. The van der Waals surface area contributed by atoms with E-state index in [0.717, 1.165) is 5.56 Å². The minimum absolute atomic E-state index is 0.125. The van der Waals surface area contributed by atoms with E-state index >= 15 is 0 Å². The summed E-state index contributed by atoms with van der Waals surface area (Å²) in [6.07, 6.45) is 2.30. The fourth-order valence-corrected chi connectivity index (χ4v) is 3.60. The van der Waals surface area contributed by atoms with Gasteiger partial charge in [-0.3, -0.25) is 9.59 Å². The highest BCUT2D eigenvalue weighted by molar-refractivity contribution is 6.30. The molecular weight excluding hydrogens is 472 g/mol. The van der Waals surface area contributed by atoms with Crippen molar-refractivity contribution in [3.05, 3.63) is 137 Å². The molecule has 0 saturated carbocycles. The fourth-order valence-electron chi connectivity index (χ4n) is 3.47. The lowest BCUT2D eigenvalue weighted by molar-refractivity contribution is -0.117. The van der Waals surface area contributed by atoms with Crippen molar-refractivity contribution in [3.8, 4) is 11.5 Å². The molecular formula is C30H25ClN2O3. The van der Waals surface area contributed by atoms with Crippen LogP contribution in [0.25, 0.3) is 6.08 Å². The fraction of sp³-hybridized carbons (Fsp3) is 0.0667. The second-order valence-corrected chi connectivity index (χ2v) is 8.43. The van der Waals surface area contributed by atoms with E-state index in [-0.39, 0.29) is 11.6 Å². The Hall–Kier alpha value is -4.35. The third-order valence-electron chi connectivity index (χ3n) is 5.29. The number of benzene rings is 4. The van der Waals surface area contributed by atoms with Gasteiger partial charge in [-0.2, -0.15) is 0 Å². The Morgan fingerprint density at radius 1 is 0.778 bits per heavy atom. The predicted molar refractivity (Wildman–Crippen MR) is 143 cm³/mol. The minimum atomic E-state index is -0.409. The molecule has 0 aromatic heterocycles. The highest BCUT2D eigenvalue weighted by Gasteiger charge is 2.15. The van der Waals surface area contributed by atoms with E-state index in [1.165, 1.54) is 0 Å². The van der Waals surface area contributed by atoms with E-state index in [2.05, 4.69) is 10.6 Å². The molecule has 0 aliphatic rings. The number of ether oxygens (including phenoxy) is 1. The molecule has 0 aliphatic carbocycles. The Morgan fingerprint density at radius 3 is 2.17 bits per heavy atom. The van der Waals surface area contributed by atoms with Crippen LogP contribution in [0.4, 0.5) is 0 Å². The van der Waals surface area contributed by atoms with Crippen molar-refractivity contribution < 1.29 is 14.3 Å². The first-order valence-electron chi connectivity index (χ1n) is 11.5. The largest absolute Gasteiger partial charge is 0.457 e. The van der Waals surface area contributed by atoms with Gasteiger partial charge in [-0.05, 0) is 72.2 Å². The summed E-state index contributed by atoms with van der Waals surface area (Å²) in [5, 5.41) is 6.17. The first kappa shape index (κ1) is 24.8. The van der Waals surface area contributed by atoms with Gasteiger partial charge < -0.3 is 15.4 Å². The Bertz CT molecular complexity index is 1340. The van der Waals surface area contributed by atoms with E-state index in [4.69, 9.17) is 16.3 Å². The Balaban J connectivity index is 1.53. The van der Waals surface area contributed by atoms with E-state index in [1.54, 1.807) is 36.4 Å². The van der Waals surface area contributed by atoms with Crippen LogP contribution in [0, 0.1) is 0 Å². The monoisotopic (exact) mass is 496 g/mol. The molecule has 6 heteroatoms. The summed E-state index contributed by atoms with van der Waals surface area (Å²) in [7, 11) is 0. The Kier molecular flexibility index (Phi) is 8.52. The topological polar surface area (TPSA) is 67.4 Å². The minimum Gasteiger partial charge on any atom is -0.457 e. The van der Waals surface area contributed by atoms with Crippen molar-refractivity contribution in [1.29, 1.82) is 0 Å². The van der Waals surface area contributed by atoms with E-state index < -0.39 is 5.91 Å². The van der Waals surface area contributed by atoms with Crippen molar-refractivity contribution >= 4 is 29.5 Å². The van der Waals surface area contributed by atoms with Gasteiger partial charge in [0.25, 0.3) is 11.8 Å². The summed E-state index contributed by atoms with van der Waals surface area (Å²) in [4.78, 5) is 26.0. The Morgan fingerprint density at radius 2 is 1.44 bits per heavy atom. The molecule has 0 unspecified atom stereocenters. The number of hydrogen-bond donors (Lipinski definition) is 2. The number of amides is 2. The van der Waals surface area contributed by atoms with Gasteiger partial charge in [-0.15, -0.1) is 0 Å². The molecule has 4 rings (SSSR count). The second kappa shape index (κ2) is 12.4. The zero-order valence-corrected chi connectivity index (χ0v) is 20.2. The van der Waals surface area contributed by atoms with E-state index in [1.807, 2.05) is 78.9 Å². The van der Waals surface area contributed by atoms with Gasteiger partial charge in [-0.1, -0.05) is 72.3 Å². The van der Waals surface area contributed by atoms with E-state index in [0.29, 0.717) is 40.6 Å². The number of halogens is 1. The van der Waals surface area contributed by atoms with Gasteiger partial charge in [0.2, 0.25) is 0 Å². The van der Waals surface area contributed by atoms with Crippen LogP contribution in [-0.4, -0.2) is 18.4 Å². The summed E-state index contributed by atoms with van der Waals surface area (Å²) < 4.78 is 5.91. The van der Waals surface area contributed by atoms with Crippen LogP contribution in [-0.2, 0) is 11.2 Å². The smallest absolute Gasteiger partial charge is 0.267 e. The van der Waals surface area contributed by atoms with Crippen LogP contribution >= 0.6 is 11.6 Å². The van der Waals surface area contributed by atoms with Crippen molar-refractivity contribution in [3.63, 3.8) is 0 Å². The summed E-state index contributed by atoms with van der Waals surface area (Å²) in [5.41, 5.74) is 2.33. The first-order chi connectivity index (χ1) is 17.6. The summed E-state index contributed by atoms with van der Waals surface area (Å²) >= 11 is 5.94. The van der Waals surface area contributed by atoms with Crippen LogP contribution in [0.3, 0.4) is 0 Å². The number of hydrogen-bond acceptors (Lipinski definition) is 3. The lowest BCUT2D eigenvalue weighted by Gasteiger charge is -2.12. The molecule has 0 aliphatic heterocycles. The molecule has 4 aromatic carbocycles. The molecule has 2 N–H and O–H groups in total. The highest BCUT2D eigenvalue weighted by Crippen LogP contribution is 2.23. The van der Waals surface area contributed by atoms with Crippen molar-refractivity contribution in [1.82, 2.24) is 10.6 Å². The molecule has 0 saturated heterocycles. The molecule has 0 bridgehead atoms. The van der Waals surface area contributed by atoms with Crippen molar-refractivity contribution in [2.75, 3.05) is 6.54 Å². The summed E-state index contributed by atoms with van der Waals surface area (Å²) in [6, 6.07) is 33.1. The van der Waals surface area contributed by atoms with Gasteiger partial charge in [0.15, 0.2) is 0 Å². The van der Waals surface area contributed by atoms with Gasteiger partial charge in [0.1, 0.15) is 17.2 Å². The number of carbonyl (C=O) groups is 2. The summed E-state index contributed by atoms with van der Waals surface area (Å²) in [6.45, 7) is 0.425. The maximum absolute atomic E-state index is 13.1. The highest BCUT2D eigenvalue weighted by atomic mass is 35.5. The molecule has 0 radical (unpaired) electrons. The Labute approximate surface area is 215 Å². The maximum Gasteiger partial charge on any atom is 0.267 e. The van der Waals surface area contributed by atoms with E-state index in [9.17, 15) is 9.59 Å². The van der Waals surface area contributed by atoms with Gasteiger partial charge >= 0.3 is 0 Å². The van der Waals surface area contributed by atoms with Crippen LogP contribution in [0.5, 0.6) is 11.5 Å². The number of rotatable bonds is 9. The first-order valence-corrected chi connectivity index (χ1v) is 11.9. The molecule has 0 heterocycles. The number of carbonyl (C=O) groups excluding carboxylic acids is 2. The van der Waals surface area contributed by atoms with Crippen LogP contribution in [0.1, 0.15) is 21.5 Å². The van der Waals surface area contributed by atoms with Crippen LogP contribution < -0.4 is 15.4 Å². The molecule has 2 amide bonds. The average molecular weight is 497 g/mol. The third-order valence-corrected chi connectivity index (χ3v) is 5.54. The molecule has 4 aromatic rings. The predicted octanol–water partition coefficient (Wildman–Crippen LogP) is 6.26. The normalized spacial score (nSPS) is 11.0. The maximum atomic E-state index is 13.1. The lowest BCUT2D eigenvalue weighted by Crippen LogP contribution is -2.35. The lowest BCUT2D eigenvalue weighted by atomic mass is 10.1. The SMILES string of the molecule is O=C(NCCc1ccccc1)C(=Cc1cccc(Oc2ccccc2)c1)NC(=O)c1ccc(Cl)cc1. The van der Waals surface area contributed by atoms with Gasteiger partial charge in [0.05, 0.1) is 0 Å². The average Bonchev–Trinajstić information content (AvgIpc) is 2.90. The third kappa shape index (κ3) is 7.32. The standard InChI is InChI=1S/C30H25ClN2O3/c31-25-16-14-24(15-17-25)29(34)33-28(30(35)32-19-18-22-8-3-1-4-9-22)21-23-10-7-13-27(20-23)36-26-11-5-2-6-12-26/h1-17,20-21H,18-19H2,(H,32,35)(H,33,34). The second-order valence-electron chi connectivity index (χ2n) is 8.00. The number of nitrogens with one attached hydrogen (secondary N) is 2. The molecule has 180 valence electrons. The number of para-hydroxylation sites is 1. The zero-order chi connectivity index (χ0) is 25.2. The molecule has 0 spiro atoms. The van der Waals surface area contributed by atoms with Crippen molar-refractivity contribution in [2.45, 2.75) is 6.42 Å². The van der Waals surface area contributed by atoms with Crippen LogP contribution in [0.2, 0.25) is 5.02 Å². The van der Waals surface area contributed by atoms with Gasteiger partial charge in [0, 0.05) is 17.1 Å². The molecule has 0 atom stereocenters. The van der Waals surface area contributed by atoms with Gasteiger partial charge in [-0.25, -0.2) is 0 Å². The molecule has 0 fully saturated rings. The molecule has 36 heavy (non-hydrogen) atoms. The summed E-state index contributed by atoms with van der Waals surface area (Å²) in [5.74, 6) is 0.520. The van der Waals surface area contributed by atoms with Crippen LogP contribution in [0.15, 0.2) is 115 Å². The quantitative estimate of drug-likeness (QED) is 0.269. The van der Waals surface area contributed by atoms with Crippen molar-refractivity contribution in [2.24, 2.45) is 0 Å².